The van der Waals surface area contributed by atoms with Gasteiger partial charge in [0.05, 0.1) is 0 Å². The molecule has 4 fully saturated rings. The minimum atomic E-state index is -1.32. The highest BCUT2D eigenvalue weighted by Gasteiger charge is 2.71. The molecule has 0 amide bonds. The molecule has 0 aromatic heterocycles. The number of allylic oxidation sites excluding steroid dienone is 1. The number of ether oxygens (including phenoxy) is 3. The van der Waals surface area contributed by atoms with Crippen molar-refractivity contribution in [3.05, 3.63) is 11.6 Å². The summed E-state index contributed by atoms with van der Waals surface area (Å²) in [6, 6.07) is 0. The highest BCUT2D eigenvalue weighted by atomic mass is 16.9. The molecule has 6 nitrogen and oxygen atoms in total. The van der Waals surface area contributed by atoms with Gasteiger partial charge in [-0.3, -0.25) is 0 Å². The lowest BCUT2D eigenvalue weighted by atomic mass is 9.70. The molecule has 4 rings (SSSR count). The second-order valence-corrected chi connectivity index (χ2v) is 5.95. The molecule has 3 aliphatic heterocycles. The maximum Gasteiger partial charge on any atom is 0.281 e. The molecule has 3 heterocycles. The van der Waals surface area contributed by atoms with Gasteiger partial charge in [0.1, 0.15) is 36.1 Å². The quantitative estimate of drug-likeness (QED) is 0.596. The lowest BCUT2D eigenvalue weighted by Gasteiger charge is -2.64. The molecule has 0 radical (unpaired) electrons. The van der Waals surface area contributed by atoms with E-state index in [0.717, 1.165) is 5.57 Å². The van der Waals surface area contributed by atoms with E-state index in [-0.39, 0.29) is 0 Å². The van der Waals surface area contributed by atoms with Gasteiger partial charge in [-0.1, -0.05) is 11.6 Å². The summed E-state index contributed by atoms with van der Waals surface area (Å²) in [7, 11) is 0. The van der Waals surface area contributed by atoms with Crippen molar-refractivity contribution < 1.29 is 29.5 Å². The maximum absolute atomic E-state index is 10.4. The molecule has 3 saturated heterocycles. The van der Waals surface area contributed by atoms with Gasteiger partial charge in [-0.2, -0.15) is 0 Å². The fraction of sp³-hybridized carbons (Fsp3) is 0.846. The van der Waals surface area contributed by atoms with Crippen molar-refractivity contribution in [2.24, 2.45) is 0 Å². The third-order valence-corrected chi connectivity index (χ3v) is 4.20. The van der Waals surface area contributed by atoms with E-state index in [1.807, 2.05) is 19.9 Å². The van der Waals surface area contributed by atoms with Crippen LogP contribution in [0.5, 0.6) is 0 Å². The van der Waals surface area contributed by atoms with E-state index in [9.17, 15) is 15.3 Å². The van der Waals surface area contributed by atoms with Gasteiger partial charge in [0.2, 0.25) is 0 Å². The van der Waals surface area contributed by atoms with E-state index in [2.05, 4.69) is 0 Å². The van der Waals surface area contributed by atoms with E-state index in [0.29, 0.717) is 6.42 Å². The van der Waals surface area contributed by atoms with Crippen LogP contribution in [0.25, 0.3) is 0 Å². The minimum absolute atomic E-state index is 0.347. The van der Waals surface area contributed by atoms with Crippen molar-refractivity contribution in [1.82, 2.24) is 0 Å². The van der Waals surface area contributed by atoms with Crippen molar-refractivity contribution in [3.63, 3.8) is 0 Å². The second kappa shape index (κ2) is 4.00. The van der Waals surface area contributed by atoms with Gasteiger partial charge in [-0.25, -0.2) is 0 Å². The number of aliphatic hydroxyl groups excluding tert-OH is 3. The zero-order chi connectivity index (χ0) is 14.0. The molecular weight excluding hydrogens is 252 g/mol. The number of rotatable bonds is 2. The predicted octanol–water partition coefficient (Wildman–Crippen LogP) is -0.334. The first-order valence-electron chi connectivity index (χ1n) is 6.52. The Kier molecular flexibility index (Phi) is 2.84. The monoisotopic (exact) mass is 272 g/mol. The minimum Gasteiger partial charge on any atom is -0.387 e. The molecule has 0 aromatic carbocycles. The number of hydrogen-bond donors (Lipinski definition) is 3. The van der Waals surface area contributed by atoms with E-state index in [4.69, 9.17) is 14.2 Å². The third-order valence-electron chi connectivity index (χ3n) is 4.20. The van der Waals surface area contributed by atoms with Crippen molar-refractivity contribution in [1.29, 1.82) is 0 Å². The molecular formula is C13H20O6. The van der Waals surface area contributed by atoms with Crippen LogP contribution in [0.4, 0.5) is 0 Å². The van der Waals surface area contributed by atoms with Gasteiger partial charge in [-0.15, -0.1) is 0 Å². The van der Waals surface area contributed by atoms with Gasteiger partial charge in [0.25, 0.3) is 5.97 Å². The number of hydrogen-bond acceptors (Lipinski definition) is 6. The summed E-state index contributed by atoms with van der Waals surface area (Å²) < 4.78 is 16.6. The van der Waals surface area contributed by atoms with E-state index < -0.39 is 42.1 Å². The zero-order valence-corrected chi connectivity index (χ0v) is 11.2. The summed E-state index contributed by atoms with van der Waals surface area (Å²) in [5, 5.41) is 30.8. The van der Waals surface area contributed by atoms with Crippen LogP contribution in [0, 0.1) is 0 Å². The molecule has 6 heteroatoms. The summed E-state index contributed by atoms with van der Waals surface area (Å²) in [4.78, 5) is 0. The van der Waals surface area contributed by atoms with Crippen LogP contribution in [0.15, 0.2) is 11.6 Å². The van der Waals surface area contributed by atoms with Crippen LogP contribution in [-0.4, -0.2) is 57.4 Å². The smallest absolute Gasteiger partial charge is 0.281 e. The Morgan fingerprint density at radius 1 is 1.11 bits per heavy atom. The lowest BCUT2D eigenvalue weighted by Crippen LogP contribution is -2.83. The summed E-state index contributed by atoms with van der Waals surface area (Å²) in [5.74, 6) is -1.32. The topological polar surface area (TPSA) is 88.4 Å². The Bertz CT molecular complexity index is 395. The van der Waals surface area contributed by atoms with Gasteiger partial charge >= 0.3 is 0 Å². The highest BCUT2D eigenvalue weighted by molar-refractivity contribution is 5.18. The third kappa shape index (κ3) is 1.72. The van der Waals surface area contributed by atoms with Crippen LogP contribution >= 0.6 is 0 Å². The van der Waals surface area contributed by atoms with Gasteiger partial charge in [-0.05, 0) is 13.8 Å². The Morgan fingerprint density at radius 3 is 2.11 bits per heavy atom. The molecule has 1 aliphatic carbocycles. The average Bonchev–Trinajstić information content (AvgIpc) is 2.34. The van der Waals surface area contributed by atoms with Crippen LogP contribution in [0.1, 0.15) is 27.2 Å². The highest BCUT2D eigenvalue weighted by Crippen LogP contribution is 2.52. The van der Waals surface area contributed by atoms with Gasteiger partial charge in [0, 0.05) is 13.3 Å². The van der Waals surface area contributed by atoms with Crippen molar-refractivity contribution in [2.45, 2.75) is 69.3 Å². The molecule has 1 saturated carbocycles. The SMILES string of the molecule is CC(C)=CCC12OC3(C)O[C@H](C(O)[C@H](O3)[C@@H]1O)[C@@H]2O. The summed E-state index contributed by atoms with van der Waals surface area (Å²) in [6.45, 7) is 5.46. The molecule has 0 aromatic rings. The summed E-state index contributed by atoms with van der Waals surface area (Å²) in [5.41, 5.74) is -0.122. The van der Waals surface area contributed by atoms with Crippen molar-refractivity contribution in [3.8, 4) is 0 Å². The molecule has 19 heavy (non-hydrogen) atoms. The van der Waals surface area contributed by atoms with E-state index in [1.54, 1.807) is 6.92 Å². The molecule has 4 bridgehead atoms. The van der Waals surface area contributed by atoms with Crippen LogP contribution in [0.2, 0.25) is 0 Å². The maximum atomic E-state index is 10.4. The molecule has 108 valence electrons. The predicted molar refractivity (Wildman–Crippen MR) is 64.0 cm³/mol. The van der Waals surface area contributed by atoms with Crippen molar-refractivity contribution in [2.75, 3.05) is 0 Å². The molecule has 7 atom stereocenters. The Labute approximate surface area is 111 Å². The fourth-order valence-corrected chi connectivity index (χ4v) is 3.24. The first-order chi connectivity index (χ1) is 8.79. The fourth-order valence-electron chi connectivity index (χ4n) is 3.24. The normalized spacial score (nSPS) is 55.4. The van der Waals surface area contributed by atoms with Gasteiger partial charge < -0.3 is 29.5 Å². The Morgan fingerprint density at radius 2 is 1.63 bits per heavy atom. The number of aliphatic hydroxyl groups is 3. The lowest BCUT2D eigenvalue weighted by molar-refractivity contribution is -0.554. The Balaban J connectivity index is 2.00. The summed E-state index contributed by atoms with van der Waals surface area (Å²) in [6.07, 6.45) is -2.60. The first-order valence-corrected chi connectivity index (χ1v) is 6.52. The molecule has 4 aliphatic rings. The van der Waals surface area contributed by atoms with Gasteiger partial charge in [0.15, 0.2) is 0 Å². The molecule has 3 N–H and O–H groups in total. The van der Waals surface area contributed by atoms with E-state index >= 15 is 0 Å². The molecule has 3 unspecified atom stereocenters. The standard InChI is InChI=1S/C13H20O6/c1-6(2)4-5-13-10(15)8-7(14)9(11(13)16)18-12(3,17-8)19-13/h4,7-11,14-16H,5H2,1-3H3/t7?,8-,9+,10-,11-,12?,13?/m0/s1. The van der Waals surface area contributed by atoms with E-state index in [1.165, 1.54) is 0 Å². The zero-order valence-electron chi connectivity index (χ0n) is 11.2. The summed E-state index contributed by atoms with van der Waals surface area (Å²) >= 11 is 0. The largest absolute Gasteiger partial charge is 0.387 e. The van der Waals surface area contributed by atoms with Crippen LogP contribution in [-0.2, 0) is 14.2 Å². The average molecular weight is 272 g/mol. The Hall–Kier alpha value is -0.500. The van der Waals surface area contributed by atoms with Crippen molar-refractivity contribution >= 4 is 0 Å². The first kappa shape index (κ1) is 13.5. The van der Waals surface area contributed by atoms with Crippen LogP contribution < -0.4 is 0 Å². The van der Waals surface area contributed by atoms with Crippen LogP contribution in [0.3, 0.4) is 0 Å². The second-order valence-electron chi connectivity index (χ2n) is 5.95. The molecule has 0 spiro atoms.